The van der Waals surface area contributed by atoms with Crippen molar-refractivity contribution in [2.75, 3.05) is 5.73 Å². The van der Waals surface area contributed by atoms with Crippen LogP contribution in [-0.2, 0) is 0 Å². The van der Waals surface area contributed by atoms with Crippen LogP contribution in [0.3, 0.4) is 0 Å². The zero-order chi connectivity index (χ0) is 11.7. The maximum absolute atomic E-state index is 6.15. The van der Waals surface area contributed by atoms with Gasteiger partial charge in [-0.2, -0.15) is 0 Å². The summed E-state index contributed by atoms with van der Waals surface area (Å²) in [5.41, 5.74) is 13.1. The number of rotatable bonds is 1. The molecule has 16 heavy (non-hydrogen) atoms. The van der Waals surface area contributed by atoms with Gasteiger partial charge < -0.3 is 5.73 Å². The van der Waals surface area contributed by atoms with E-state index in [4.69, 9.17) is 5.73 Å². The molecule has 1 nitrogen and oxygen atoms in total. The van der Waals surface area contributed by atoms with Gasteiger partial charge in [0.2, 0.25) is 0 Å². The Bertz CT molecular complexity index is 527. The molecule has 0 fully saturated rings. The predicted octanol–water partition coefficient (Wildman–Crippen LogP) is 3.86. The van der Waals surface area contributed by atoms with E-state index in [0.717, 1.165) is 16.8 Å². The number of nitrogen functional groups attached to an aromatic ring is 1. The third-order valence-corrected chi connectivity index (χ3v) is 2.97. The Balaban J connectivity index is 2.69. The molecule has 1 heteroatoms. The molecule has 0 saturated heterocycles. The maximum atomic E-state index is 6.15. The molecule has 0 aliphatic rings. The Morgan fingerprint density at radius 2 is 1.50 bits per heavy atom. The topological polar surface area (TPSA) is 26.0 Å². The summed E-state index contributed by atoms with van der Waals surface area (Å²) < 4.78 is 0. The van der Waals surface area contributed by atoms with Crippen molar-refractivity contribution in [2.24, 2.45) is 0 Å². The fourth-order valence-electron chi connectivity index (χ4n) is 2.08. The Labute approximate surface area is 96.9 Å². The average Bonchev–Trinajstić information content (AvgIpc) is 2.24. The summed E-state index contributed by atoms with van der Waals surface area (Å²) in [6.45, 7) is 6.28. The molecule has 0 saturated carbocycles. The summed E-state index contributed by atoms with van der Waals surface area (Å²) in [6.07, 6.45) is 0. The van der Waals surface area contributed by atoms with Gasteiger partial charge in [0.1, 0.15) is 0 Å². The number of hydrogen-bond donors (Lipinski definition) is 1. The summed E-state index contributed by atoms with van der Waals surface area (Å²) in [6, 6.07) is 12.6. The van der Waals surface area contributed by atoms with Gasteiger partial charge in [-0.05, 0) is 43.5 Å². The fraction of sp³-hybridized carbons (Fsp3) is 0.200. The van der Waals surface area contributed by atoms with Crippen molar-refractivity contribution >= 4 is 5.69 Å². The summed E-state index contributed by atoms with van der Waals surface area (Å²) in [7, 11) is 0. The largest absolute Gasteiger partial charge is 0.398 e. The van der Waals surface area contributed by atoms with E-state index in [-0.39, 0.29) is 0 Å². The number of hydrogen-bond acceptors (Lipinski definition) is 1. The highest BCUT2D eigenvalue weighted by Gasteiger charge is 2.07. The van der Waals surface area contributed by atoms with Crippen LogP contribution in [0.4, 0.5) is 5.69 Å². The summed E-state index contributed by atoms with van der Waals surface area (Å²) in [4.78, 5) is 0. The molecule has 0 bridgehead atoms. The maximum Gasteiger partial charge on any atom is 0.0423 e. The van der Waals surface area contributed by atoms with E-state index >= 15 is 0 Å². The molecule has 2 N–H and O–H groups in total. The second-order valence-corrected chi connectivity index (χ2v) is 4.36. The lowest BCUT2D eigenvalue weighted by molar-refractivity contribution is 1.37. The normalized spacial score (nSPS) is 10.4. The monoisotopic (exact) mass is 211 g/mol. The molecular formula is C15H17N. The SMILES string of the molecule is Cc1cc(C)c(N)c(-c2ccccc2C)c1. The van der Waals surface area contributed by atoms with E-state index in [0.29, 0.717) is 0 Å². The second kappa shape index (κ2) is 4.01. The number of anilines is 1. The molecule has 0 aliphatic heterocycles. The minimum atomic E-state index is 0.889. The smallest absolute Gasteiger partial charge is 0.0423 e. The van der Waals surface area contributed by atoms with Crippen LogP contribution in [-0.4, -0.2) is 0 Å². The van der Waals surface area contributed by atoms with E-state index in [1.807, 2.05) is 0 Å². The van der Waals surface area contributed by atoms with Crippen molar-refractivity contribution in [3.63, 3.8) is 0 Å². The molecule has 0 heterocycles. The summed E-state index contributed by atoms with van der Waals surface area (Å²) in [5, 5.41) is 0. The van der Waals surface area contributed by atoms with Crippen molar-refractivity contribution in [1.82, 2.24) is 0 Å². The van der Waals surface area contributed by atoms with Crippen LogP contribution >= 0.6 is 0 Å². The van der Waals surface area contributed by atoms with Crippen molar-refractivity contribution < 1.29 is 0 Å². The first-order chi connectivity index (χ1) is 7.59. The van der Waals surface area contributed by atoms with Crippen LogP contribution in [0.5, 0.6) is 0 Å². The molecule has 0 aliphatic carbocycles. The lowest BCUT2D eigenvalue weighted by Gasteiger charge is -2.12. The zero-order valence-corrected chi connectivity index (χ0v) is 10.0. The van der Waals surface area contributed by atoms with Gasteiger partial charge in [-0.15, -0.1) is 0 Å². The van der Waals surface area contributed by atoms with Crippen molar-refractivity contribution in [1.29, 1.82) is 0 Å². The van der Waals surface area contributed by atoms with Crippen LogP contribution in [0.15, 0.2) is 36.4 Å². The fourth-order valence-corrected chi connectivity index (χ4v) is 2.08. The lowest BCUT2D eigenvalue weighted by Crippen LogP contribution is -1.96. The molecule has 0 unspecified atom stereocenters. The molecule has 0 aromatic heterocycles. The lowest BCUT2D eigenvalue weighted by atomic mass is 9.95. The molecule has 0 atom stereocenters. The first kappa shape index (κ1) is 10.7. The van der Waals surface area contributed by atoms with Crippen molar-refractivity contribution in [2.45, 2.75) is 20.8 Å². The van der Waals surface area contributed by atoms with Gasteiger partial charge in [0.25, 0.3) is 0 Å². The first-order valence-corrected chi connectivity index (χ1v) is 5.52. The van der Waals surface area contributed by atoms with Gasteiger partial charge in [-0.1, -0.05) is 35.9 Å². The Morgan fingerprint density at radius 3 is 2.19 bits per heavy atom. The standard InChI is InChI=1S/C15H17N/c1-10-8-12(3)15(16)14(9-10)13-7-5-4-6-11(13)2/h4-9H,16H2,1-3H3. The zero-order valence-electron chi connectivity index (χ0n) is 10.0. The molecule has 0 radical (unpaired) electrons. The first-order valence-electron chi connectivity index (χ1n) is 5.52. The van der Waals surface area contributed by atoms with Crippen molar-refractivity contribution in [3.05, 3.63) is 53.1 Å². The molecule has 0 amide bonds. The quantitative estimate of drug-likeness (QED) is 0.712. The predicted molar refractivity (Wildman–Crippen MR) is 70.5 cm³/mol. The van der Waals surface area contributed by atoms with Gasteiger partial charge >= 0.3 is 0 Å². The molecular weight excluding hydrogens is 194 g/mol. The van der Waals surface area contributed by atoms with Crippen LogP contribution in [0.25, 0.3) is 11.1 Å². The Hall–Kier alpha value is -1.76. The van der Waals surface area contributed by atoms with E-state index in [1.165, 1.54) is 16.7 Å². The van der Waals surface area contributed by atoms with Gasteiger partial charge in [-0.25, -0.2) is 0 Å². The van der Waals surface area contributed by atoms with Crippen LogP contribution in [0, 0.1) is 20.8 Å². The van der Waals surface area contributed by atoms with E-state index in [1.54, 1.807) is 0 Å². The van der Waals surface area contributed by atoms with Gasteiger partial charge in [0.15, 0.2) is 0 Å². The van der Waals surface area contributed by atoms with E-state index in [2.05, 4.69) is 57.2 Å². The molecule has 2 rings (SSSR count). The number of aryl methyl sites for hydroxylation is 3. The van der Waals surface area contributed by atoms with Crippen LogP contribution in [0.2, 0.25) is 0 Å². The Morgan fingerprint density at radius 1 is 0.812 bits per heavy atom. The van der Waals surface area contributed by atoms with E-state index in [9.17, 15) is 0 Å². The van der Waals surface area contributed by atoms with Crippen LogP contribution in [0.1, 0.15) is 16.7 Å². The average molecular weight is 211 g/mol. The Kier molecular flexibility index (Phi) is 2.69. The van der Waals surface area contributed by atoms with E-state index < -0.39 is 0 Å². The highest BCUT2D eigenvalue weighted by Crippen LogP contribution is 2.31. The number of benzene rings is 2. The molecule has 2 aromatic rings. The highest BCUT2D eigenvalue weighted by molar-refractivity contribution is 5.80. The third kappa shape index (κ3) is 1.81. The third-order valence-electron chi connectivity index (χ3n) is 2.97. The van der Waals surface area contributed by atoms with Crippen molar-refractivity contribution in [3.8, 4) is 11.1 Å². The van der Waals surface area contributed by atoms with Gasteiger partial charge in [0.05, 0.1) is 0 Å². The number of nitrogens with two attached hydrogens (primary N) is 1. The molecule has 0 spiro atoms. The minimum Gasteiger partial charge on any atom is -0.398 e. The summed E-state index contributed by atoms with van der Waals surface area (Å²) >= 11 is 0. The second-order valence-electron chi connectivity index (χ2n) is 4.36. The summed E-state index contributed by atoms with van der Waals surface area (Å²) in [5.74, 6) is 0. The molecule has 2 aromatic carbocycles. The van der Waals surface area contributed by atoms with Gasteiger partial charge in [-0.3, -0.25) is 0 Å². The van der Waals surface area contributed by atoms with Crippen LogP contribution < -0.4 is 5.73 Å². The molecule has 82 valence electrons. The highest BCUT2D eigenvalue weighted by atomic mass is 14.6. The van der Waals surface area contributed by atoms with Gasteiger partial charge in [0, 0.05) is 11.3 Å². The minimum absolute atomic E-state index is 0.889.